The zero-order valence-electron chi connectivity index (χ0n) is 10.9. The average Bonchev–Trinajstić information content (AvgIpc) is 2.77. The fourth-order valence-corrected chi connectivity index (χ4v) is 2.17. The Balaban J connectivity index is 1.85. The number of aromatic nitrogens is 1. The lowest BCUT2D eigenvalue weighted by atomic mass is 10.2. The molecule has 2 rings (SSSR count). The summed E-state index contributed by atoms with van der Waals surface area (Å²) < 4.78 is 0. The second-order valence-electron chi connectivity index (χ2n) is 4.95. The van der Waals surface area contributed by atoms with Crippen molar-refractivity contribution in [3.8, 4) is 0 Å². The monoisotopic (exact) mass is 251 g/mol. The highest BCUT2D eigenvalue weighted by Gasteiger charge is 2.22. The van der Waals surface area contributed by atoms with Crippen LogP contribution in [0.1, 0.15) is 10.5 Å². The zero-order valence-corrected chi connectivity index (χ0v) is 10.9. The van der Waals surface area contributed by atoms with Crippen molar-refractivity contribution in [2.24, 2.45) is 0 Å². The van der Waals surface area contributed by atoms with Gasteiger partial charge >= 0.3 is 0 Å². The van der Waals surface area contributed by atoms with Crippen molar-refractivity contribution >= 4 is 11.6 Å². The number of anilines is 1. The fraction of sp³-hybridized carbons (Fsp3) is 0.583. The normalized spacial score (nSPS) is 22.0. The molecule has 0 bridgehead atoms. The zero-order chi connectivity index (χ0) is 13.1. The van der Waals surface area contributed by atoms with Crippen LogP contribution in [0.4, 0.5) is 5.69 Å². The fourth-order valence-electron chi connectivity index (χ4n) is 2.17. The molecule has 0 spiro atoms. The molecule has 1 amide bonds. The number of piperazine rings is 1. The maximum atomic E-state index is 11.9. The molecule has 100 valence electrons. The maximum absolute atomic E-state index is 11.9. The average molecular weight is 251 g/mol. The van der Waals surface area contributed by atoms with E-state index in [-0.39, 0.29) is 5.91 Å². The van der Waals surface area contributed by atoms with Crippen LogP contribution in [0.2, 0.25) is 0 Å². The Morgan fingerprint density at radius 3 is 3.00 bits per heavy atom. The number of aromatic amines is 1. The second-order valence-corrected chi connectivity index (χ2v) is 4.95. The van der Waals surface area contributed by atoms with E-state index in [0.717, 1.165) is 19.6 Å². The molecule has 1 saturated heterocycles. The predicted octanol–water partition coefficient (Wildman–Crippen LogP) is -0.427. The van der Waals surface area contributed by atoms with Gasteiger partial charge in [-0.1, -0.05) is 0 Å². The number of nitrogen functional groups attached to an aromatic ring is 1. The molecular formula is C12H21N5O. The molecule has 1 aromatic rings. The van der Waals surface area contributed by atoms with E-state index in [9.17, 15) is 4.79 Å². The third-order valence-corrected chi connectivity index (χ3v) is 3.43. The van der Waals surface area contributed by atoms with E-state index in [2.05, 4.69) is 34.2 Å². The van der Waals surface area contributed by atoms with Crippen LogP contribution in [-0.2, 0) is 0 Å². The Kier molecular flexibility index (Phi) is 3.88. The Morgan fingerprint density at radius 1 is 1.56 bits per heavy atom. The molecule has 0 aliphatic carbocycles. The summed E-state index contributed by atoms with van der Waals surface area (Å²) in [7, 11) is 4.20. The predicted molar refractivity (Wildman–Crippen MR) is 71.5 cm³/mol. The van der Waals surface area contributed by atoms with Crippen LogP contribution in [0.25, 0.3) is 0 Å². The quantitative estimate of drug-likeness (QED) is 0.681. The molecule has 6 nitrogen and oxygen atoms in total. The summed E-state index contributed by atoms with van der Waals surface area (Å²) in [5, 5.41) is 2.94. The number of nitrogens with one attached hydrogen (secondary N) is 2. The molecule has 4 N–H and O–H groups in total. The van der Waals surface area contributed by atoms with Gasteiger partial charge in [0.15, 0.2) is 0 Å². The van der Waals surface area contributed by atoms with Gasteiger partial charge in [0.2, 0.25) is 0 Å². The minimum Gasteiger partial charge on any atom is -0.397 e. The number of carbonyl (C=O) groups is 1. The van der Waals surface area contributed by atoms with Crippen LogP contribution in [0.15, 0.2) is 12.3 Å². The van der Waals surface area contributed by atoms with E-state index in [4.69, 9.17) is 5.73 Å². The standard InChI is InChI=1S/C12H21N5O/c1-16-3-4-17(2)10(8-16)7-15-12(18)11-5-9(13)6-14-11/h5-6,10,14H,3-4,7-8,13H2,1-2H3,(H,15,18). The Bertz CT molecular complexity index is 416. The molecule has 1 unspecified atom stereocenters. The Morgan fingerprint density at radius 2 is 2.33 bits per heavy atom. The van der Waals surface area contributed by atoms with Gasteiger partial charge in [0.25, 0.3) is 5.91 Å². The number of H-pyrrole nitrogens is 1. The van der Waals surface area contributed by atoms with Crippen molar-refractivity contribution in [1.29, 1.82) is 0 Å². The molecule has 1 aromatic heterocycles. The van der Waals surface area contributed by atoms with E-state index in [1.807, 2.05) is 0 Å². The molecule has 1 atom stereocenters. The van der Waals surface area contributed by atoms with Crippen LogP contribution in [0, 0.1) is 0 Å². The van der Waals surface area contributed by atoms with Gasteiger partial charge in [0.05, 0.1) is 0 Å². The minimum atomic E-state index is -0.103. The first-order valence-corrected chi connectivity index (χ1v) is 6.17. The van der Waals surface area contributed by atoms with Crippen LogP contribution in [0.3, 0.4) is 0 Å². The van der Waals surface area contributed by atoms with Crippen LogP contribution in [-0.4, -0.2) is 67.0 Å². The van der Waals surface area contributed by atoms with Gasteiger partial charge in [0.1, 0.15) is 5.69 Å². The van der Waals surface area contributed by atoms with E-state index >= 15 is 0 Å². The van der Waals surface area contributed by atoms with Crippen LogP contribution in [0.5, 0.6) is 0 Å². The molecular weight excluding hydrogens is 230 g/mol. The molecule has 1 aliphatic heterocycles. The first kappa shape index (κ1) is 12.9. The number of likely N-dealkylation sites (N-methyl/N-ethyl adjacent to an activating group) is 2. The maximum Gasteiger partial charge on any atom is 0.267 e. The molecule has 1 fully saturated rings. The summed E-state index contributed by atoms with van der Waals surface area (Å²) in [5.41, 5.74) is 6.66. The highest BCUT2D eigenvalue weighted by atomic mass is 16.1. The number of rotatable bonds is 3. The summed E-state index contributed by atoms with van der Waals surface area (Å²) in [5.74, 6) is -0.103. The van der Waals surface area contributed by atoms with Gasteiger partial charge in [-0.15, -0.1) is 0 Å². The number of nitrogens with two attached hydrogens (primary N) is 1. The molecule has 2 heterocycles. The molecule has 0 saturated carbocycles. The van der Waals surface area contributed by atoms with E-state index in [1.54, 1.807) is 12.3 Å². The number of hydrogen-bond donors (Lipinski definition) is 3. The minimum absolute atomic E-state index is 0.103. The molecule has 6 heteroatoms. The molecule has 0 aromatic carbocycles. The third kappa shape index (κ3) is 3.02. The van der Waals surface area contributed by atoms with E-state index in [1.165, 1.54) is 0 Å². The number of amides is 1. The van der Waals surface area contributed by atoms with Crippen molar-refractivity contribution in [2.45, 2.75) is 6.04 Å². The Labute approximate surface area is 107 Å². The van der Waals surface area contributed by atoms with Crippen molar-refractivity contribution < 1.29 is 4.79 Å². The summed E-state index contributed by atoms with van der Waals surface area (Å²) in [4.78, 5) is 19.3. The highest BCUT2D eigenvalue weighted by molar-refractivity contribution is 5.93. The summed E-state index contributed by atoms with van der Waals surface area (Å²) in [6, 6.07) is 2.01. The first-order valence-electron chi connectivity index (χ1n) is 6.17. The van der Waals surface area contributed by atoms with Gasteiger partial charge < -0.3 is 20.9 Å². The second kappa shape index (κ2) is 5.41. The van der Waals surface area contributed by atoms with Crippen molar-refractivity contribution in [3.05, 3.63) is 18.0 Å². The van der Waals surface area contributed by atoms with Crippen molar-refractivity contribution in [2.75, 3.05) is 46.0 Å². The third-order valence-electron chi connectivity index (χ3n) is 3.43. The van der Waals surface area contributed by atoms with E-state index < -0.39 is 0 Å². The van der Waals surface area contributed by atoms with Gasteiger partial charge in [0, 0.05) is 44.1 Å². The number of nitrogens with zero attached hydrogens (tertiary/aromatic N) is 2. The first-order chi connectivity index (χ1) is 8.56. The topological polar surface area (TPSA) is 77.4 Å². The molecule has 0 radical (unpaired) electrons. The van der Waals surface area contributed by atoms with Gasteiger partial charge in [-0.3, -0.25) is 9.69 Å². The summed E-state index contributed by atoms with van der Waals surface area (Å²) in [6.45, 7) is 3.74. The summed E-state index contributed by atoms with van der Waals surface area (Å²) in [6.07, 6.45) is 1.62. The van der Waals surface area contributed by atoms with Crippen LogP contribution < -0.4 is 11.1 Å². The molecule has 1 aliphatic rings. The van der Waals surface area contributed by atoms with Crippen molar-refractivity contribution in [1.82, 2.24) is 20.1 Å². The van der Waals surface area contributed by atoms with Crippen LogP contribution >= 0.6 is 0 Å². The lowest BCUT2D eigenvalue weighted by molar-refractivity contribution is 0.0877. The highest BCUT2D eigenvalue weighted by Crippen LogP contribution is 2.06. The largest absolute Gasteiger partial charge is 0.397 e. The van der Waals surface area contributed by atoms with Gasteiger partial charge in [-0.05, 0) is 20.2 Å². The van der Waals surface area contributed by atoms with Gasteiger partial charge in [-0.25, -0.2) is 0 Å². The lowest BCUT2D eigenvalue weighted by Crippen LogP contribution is -2.54. The number of carbonyl (C=O) groups excluding carboxylic acids is 1. The SMILES string of the molecule is CN1CCN(C)C(CNC(=O)c2cc(N)c[nH]2)C1. The lowest BCUT2D eigenvalue weighted by Gasteiger charge is -2.37. The number of hydrogen-bond acceptors (Lipinski definition) is 4. The van der Waals surface area contributed by atoms with E-state index in [0.29, 0.717) is 24.0 Å². The molecule has 18 heavy (non-hydrogen) atoms. The Hall–Kier alpha value is -1.53. The van der Waals surface area contributed by atoms with Crippen molar-refractivity contribution in [3.63, 3.8) is 0 Å². The smallest absolute Gasteiger partial charge is 0.267 e. The summed E-state index contributed by atoms with van der Waals surface area (Å²) >= 11 is 0. The van der Waals surface area contributed by atoms with Gasteiger partial charge in [-0.2, -0.15) is 0 Å².